The highest BCUT2D eigenvalue weighted by molar-refractivity contribution is 9.10. The van der Waals surface area contributed by atoms with E-state index in [1.165, 1.54) is 10.4 Å². The van der Waals surface area contributed by atoms with Gasteiger partial charge in [0.2, 0.25) is 10.0 Å². The van der Waals surface area contributed by atoms with Crippen LogP contribution in [0, 0.1) is 0 Å². The SMILES string of the molecule is O=S(=O)(c1ccccc1Br)N1CCN(c2cc(C(F)(F)F)nc3ccccc23)CC1. The van der Waals surface area contributed by atoms with Crippen LogP contribution in [0.1, 0.15) is 5.69 Å². The van der Waals surface area contributed by atoms with Crippen molar-refractivity contribution >= 4 is 42.5 Å². The third-order valence-electron chi connectivity index (χ3n) is 5.02. The summed E-state index contributed by atoms with van der Waals surface area (Å²) < 4.78 is 67.8. The molecule has 0 atom stereocenters. The molecule has 0 bridgehead atoms. The third kappa shape index (κ3) is 3.91. The summed E-state index contributed by atoms with van der Waals surface area (Å²) in [4.78, 5) is 5.70. The maximum absolute atomic E-state index is 13.3. The lowest BCUT2D eigenvalue weighted by Crippen LogP contribution is -2.48. The van der Waals surface area contributed by atoms with E-state index in [-0.39, 0.29) is 36.6 Å². The van der Waals surface area contributed by atoms with E-state index in [9.17, 15) is 21.6 Å². The summed E-state index contributed by atoms with van der Waals surface area (Å²) in [5.41, 5.74) is -0.295. The van der Waals surface area contributed by atoms with Crippen molar-refractivity contribution in [2.75, 3.05) is 31.1 Å². The average Bonchev–Trinajstić information content (AvgIpc) is 2.72. The van der Waals surface area contributed by atoms with Crippen LogP contribution in [0.4, 0.5) is 18.9 Å². The lowest BCUT2D eigenvalue weighted by molar-refractivity contribution is -0.140. The van der Waals surface area contributed by atoms with Gasteiger partial charge in [0.25, 0.3) is 0 Å². The van der Waals surface area contributed by atoms with E-state index in [1.54, 1.807) is 47.4 Å². The Kier molecular flexibility index (Phi) is 5.50. The standard InChI is InChI=1S/C20H17BrF3N3O2S/c21-15-6-2-4-8-18(15)30(28,29)27-11-9-26(10-12-27)17-13-19(20(22,23)24)25-16-7-3-1-5-14(16)17/h1-8,13H,9-12H2. The lowest BCUT2D eigenvalue weighted by Gasteiger charge is -2.36. The minimum absolute atomic E-state index is 0.168. The fourth-order valence-corrected chi connectivity index (χ4v) is 5.91. The molecule has 0 aliphatic carbocycles. The highest BCUT2D eigenvalue weighted by Crippen LogP contribution is 2.35. The van der Waals surface area contributed by atoms with Gasteiger partial charge in [0, 0.05) is 41.7 Å². The predicted molar refractivity (Wildman–Crippen MR) is 112 cm³/mol. The molecule has 0 spiro atoms. The largest absolute Gasteiger partial charge is 0.433 e. The van der Waals surface area contributed by atoms with Gasteiger partial charge in [-0.15, -0.1) is 0 Å². The molecular weight excluding hydrogens is 483 g/mol. The van der Waals surface area contributed by atoms with Crippen molar-refractivity contribution in [3.05, 3.63) is 64.8 Å². The zero-order valence-corrected chi connectivity index (χ0v) is 18.0. The van der Waals surface area contributed by atoms with Crippen LogP contribution < -0.4 is 4.90 Å². The Morgan fingerprint density at radius 1 is 0.933 bits per heavy atom. The number of hydrogen-bond acceptors (Lipinski definition) is 4. The maximum atomic E-state index is 13.3. The van der Waals surface area contributed by atoms with Crippen molar-refractivity contribution in [1.82, 2.24) is 9.29 Å². The minimum atomic E-state index is -4.57. The second kappa shape index (κ2) is 7.82. The highest BCUT2D eigenvalue weighted by atomic mass is 79.9. The topological polar surface area (TPSA) is 53.5 Å². The summed E-state index contributed by atoms with van der Waals surface area (Å²) in [7, 11) is -3.70. The van der Waals surface area contributed by atoms with E-state index in [2.05, 4.69) is 20.9 Å². The van der Waals surface area contributed by atoms with Crippen LogP contribution in [0.15, 0.2) is 64.0 Å². The number of piperazine rings is 1. The van der Waals surface area contributed by atoms with Crippen molar-refractivity contribution in [1.29, 1.82) is 0 Å². The summed E-state index contributed by atoms with van der Waals surface area (Å²) in [6.45, 7) is 0.882. The second-order valence-electron chi connectivity index (χ2n) is 6.86. The quantitative estimate of drug-likeness (QED) is 0.531. The molecule has 158 valence electrons. The number of benzene rings is 2. The van der Waals surface area contributed by atoms with Crippen LogP contribution in [0.3, 0.4) is 0 Å². The first kappa shape index (κ1) is 21.1. The molecule has 0 unspecified atom stereocenters. The van der Waals surface area contributed by atoms with Crippen LogP contribution in [-0.2, 0) is 16.2 Å². The summed E-state index contributed by atoms with van der Waals surface area (Å²) in [5.74, 6) is 0. The van der Waals surface area contributed by atoms with Crippen LogP contribution >= 0.6 is 15.9 Å². The van der Waals surface area contributed by atoms with Crippen molar-refractivity contribution < 1.29 is 21.6 Å². The smallest absolute Gasteiger partial charge is 0.368 e. The number of nitrogens with zero attached hydrogens (tertiary/aromatic N) is 3. The molecule has 1 saturated heterocycles. The van der Waals surface area contributed by atoms with Gasteiger partial charge in [0.15, 0.2) is 0 Å². The van der Waals surface area contributed by atoms with Gasteiger partial charge in [-0.1, -0.05) is 30.3 Å². The van der Waals surface area contributed by atoms with Gasteiger partial charge in [-0.2, -0.15) is 17.5 Å². The average molecular weight is 500 g/mol. The summed E-state index contributed by atoms with van der Waals surface area (Å²) >= 11 is 3.27. The van der Waals surface area contributed by atoms with E-state index in [4.69, 9.17) is 0 Å². The molecular formula is C20H17BrF3N3O2S. The molecule has 2 aromatic carbocycles. The molecule has 10 heteroatoms. The number of pyridine rings is 1. The number of alkyl halides is 3. The number of anilines is 1. The third-order valence-corrected chi connectivity index (χ3v) is 7.93. The number of rotatable bonds is 3. The van der Waals surface area contributed by atoms with Crippen LogP contribution in [0.2, 0.25) is 0 Å². The zero-order valence-electron chi connectivity index (χ0n) is 15.6. The fourth-order valence-electron chi connectivity index (χ4n) is 3.53. The van der Waals surface area contributed by atoms with Crippen LogP contribution in [-0.4, -0.2) is 43.9 Å². The second-order valence-corrected chi connectivity index (χ2v) is 9.62. The fraction of sp³-hybridized carbons (Fsp3) is 0.250. The number of halogens is 4. The Labute approximate surface area is 180 Å². The molecule has 0 N–H and O–H groups in total. The molecule has 4 rings (SSSR count). The molecule has 1 fully saturated rings. The first-order chi connectivity index (χ1) is 14.2. The van der Waals surface area contributed by atoms with Gasteiger partial charge in [-0.25, -0.2) is 13.4 Å². The molecule has 0 amide bonds. The lowest BCUT2D eigenvalue weighted by atomic mass is 10.1. The van der Waals surface area contributed by atoms with Gasteiger partial charge in [-0.05, 0) is 40.2 Å². The predicted octanol–water partition coefficient (Wildman–Crippen LogP) is 4.53. The maximum Gasteiger partial charge on any atom is 0.433 e. The number of aromatic nitrogens is 1. The number of hydrogen-bond donors (Lipinski definition) is 0. The van der Waals surface area contributed by atoms with E-state index in [1.807, 2.05) is 0 Å². The summed E-state index contributed by atoms with van der Waals surface area (Å²) in [5, 5.41) is 0.604. The Morgan fingerprint density at radius 2 is 1.57 bits per heavy atom. The molecule has 1 aromatic heterocycles. The molecule has 0 radical (unpaired) electrons. The van der Waals surface area contributed by atoms with Crippen LogP contribution in [0.25, 0.3) is 10.9 Å². The van der Waals surface area contributed by atoms with E-state index in [0.29, 0.717) is 15.5 Å². The zero-order chi connectivity index (χ0) is 21.5. The Morgan fingerprint density at radius 3 is 2.23 bits per heavy atom. The summed E-state index contributed by atoms with van der Waals surface area (Å²) in [6.07, 6.45) is -4.57. The number of sulfonamides is 1. The molecule has 30 heavy (non-hydrogen) atoms. The van der Waals surface area contributed by atoms with Gasteiger partial charge in [0.05, 0.1) is 10.4 Å². The van der Waals surface area contributed by atoms with Gasteiger partial charge in [-0.3, -0.25) is 0 Å². The number of para-hydroxylation sites is 1. The van der Waals surface area contributed by atoms with E-state index >= 15 is 0 Å². The molecule has 5 nitrogen and oxygen atoms in total. The highest BCUT2D eigenvalue weighted by Gasteiger charge is 2.35. The molecule has 0 saturated carbocycles. The van der Waals surface area contributed by atoms with Crippen molar-refractivity contribution in [2.24, 2.45) is 0 Å². The van der Waals surface area contributed by atoms with Gasteiger partial charge >= 0.3 is 6.18 Å². The molecule has 2 heterocycles. The van der Waals surface area contributed by atoms with Crippen molar-refractivity contribution in [3.63, 3.8) is 0 Å². The Bertz CT molecular complexity index is 1190. The molecule has 3 aromatic rings. The molecule has 1 aliphatic heterocycles. The first-order valence-electron chi connectivity index (χ1n) is 9.14. The van der Waals surface area contributed by atoms with E-state index < -0.39 is 21.9 Å². The van der Waals surface area contributed by atoms with Crippen molar-refractivity contribution in [2.45, 2.75) is 11.1 Å². The van der Waals surface area contributed by atoms with Crippen LogP contribution in [0.5, 0.6) is 0 Å². The molecule has 1 aliphatic rings. The normalized spacial score (nSPS) is 16.2. The van der Waals surface area contributed by atoms with Crippen molar-refractivity contribution in [3.8, 4) is 0 Å². The van der Waals surface area contributed by atoms with E-state index in [0.717, 1.165) is 6.07 Å². The summed E-state index contributed by atoms with van der Waals surface area (Å²) in [6, 6.07) is 14.3. The Balaban J connectivity index is 1.63. The number of fused-ring (bicyclic) bond motifs is 1. The van der Waals surface area contributed by atoms with Gasteiger partial charge in [0.1, 0.15) is 5.69 Å². The monoisotopic (exact) mass is 499 g/mol. The Hall–Kier alpha value is -2.17. The minimum Gasteiger partial charge on any atom is -0.368 e. The first-order valence-corrected chi connectivity index (χ1v) is 11.4. The van der Waals surface area contributed by atoms with Gasteiger partial charge < -0.3 is 4.90 Å².